The summed E-state index contributed by atoms with van der Waals surface area (Å²) in [5.74, 6) is 1.86. The van der Waals surface area contributed by atoms with Crippen LogP contribution in [0, 0.1) is 12.8 Å². The van der Waals surface area contributed by atoms with Gasteiger partial charge in [-0.25, -0.2) is 4.98 Å². The van der Waals surface area contributed by atoms with E-state index in [4.69, 9.17) is 4.74 Å². The van der Waals surface area contributed by atoms with E-state index in [1.165, 1.54) is 0 Å². The predicted octanol–water partition coefficient (Wildman–Crippen LogP) is 2.58. The van der Waals surface area contributed by atoms with Crippen LogP contribution in [0.4, 0.5) is 0 Å². The van der Waals surface area contributed by atoms with Crippen LogP contribution in [-0.2, 0) is 0 Å². The summed E-state index contributed by atoms with van der Waals surface area (Å²) in [6.07, 6.45) is 0. The second-order valence-corrected chi connectivity index (χ2v) is 4.09. The van der Waals surface area contributed by atoms with E-state index in [0.717, 1.165) is 4.60 Å². The van der Waals surface area contributed by atoms with Crippen LogP contribution < -0.4 is 4.74 Å². The highest BCUT2D eigenvalue weighted by Crippen LogP contribution is 2.14. The van der Waals surface area contributed by atoms with Gasteiger partial charge in [-0.2, -0.15) is 4.98 Å². The van der Waals surface area contributed by atoms with Crippen LogP contribution in [0.1, 0.15) is 19.7 Å². The van der Waals surface area contributed by atoms with E-state index in [0.29, 0.717) is 24.2 Å². The van der Waals surface area contributed by atoms with E-state index in [-0.39, 0.29) is 0 Å². The maximum atomic E-state index is 5.45. The van der Waals surface area contributed by atoms with Crippen molar-refractivity contribution in [2.75, 3.05) is 6.61 Å². The van der Waals surface area contributed by atoms with Crippen LogP contribution in [0.2, 0.25) is 0 Å². The molecule has 13 heavy (non-hydrogen) atoms. The summed E-state index contributed by atoms with van der Waals surface area (Å²) < 4.78 is 6.21. The Labute approximate surface area is 86.7 Å². The van der Waals surface area contributed by atoms with Gasteiger partial charge in [-0.05, 0) is 28.8 Å². The lowest BCUT2D eigenvalue weighted by molar-refractivity contribution is 0.260. The SMILES string of the molecule is Cc1nc(Br)cc(OCC(C)C)n1. The zero-order chi connectivity index (χ0) is 9.84. The van der Waals surface area contributed by atoms with E-state index in [1.54, 1.807) is 6.07 Å². The molecule has 0 fully saturated rings. The smallest absolute Gasteiger partial charge is 0.217 e. The van der Waals surface area contributed by atoms with Crippen molar-refractivity contribution in [1.29, 1.82) is 0 Å². The van der Waals surface area contributed by atoms with E-state index in [9.17, 15) is 0 Å². The fourth-order valence-corrected chi connectivity index (χ4v) is 1.28. The van der Waals surface area contributed by atoms with E-state index >= 15 is 0 Å². The van der Waals surface area contributed by atoms with E-state index < -0.39 is 0 Å². The van der Waals surface area contributed by atoms with Crippen molar-refractivity contribution in [3.05, 3.63) is 16.5 Å². The molecule has 0 amide bonds. The molecule has 0 aliphatic heterocycles. The van der Waals surface area contributed by atoms with Crippen molar-refractivity contribution < 1.29 is 4.74 Å². The summed E-state index contributed by atoms with van der Waals surface area (Å²) in [5.41, 5.74) is 0. The molecule has 0 bridgehead atoms. The summed E-state index contributed by atoms with van der Waals surface area (Å²) >= 11 is 3.29. The van der Waals surface area contributed by atoms with Crippen LogP contribution in [0.3, 0.4) is 0 Å². The van der Waals surface area contributed by atoms with Crippen molar-refractivity contribution in [1.82, 2.24) is 9.97 Å². The third-order valence-corrected chi connectivity index (χ3v) is 1.75. The average Bonchev–Trinajstić information content (AvgIpc) is 1.99. The Bertz CT molecular complexity index is 269. The van der Waals surface area contributed by atoms with Gasteiger partial charge >= 0.3 is 0 Å². The fraction of sp³-hybridized carbons (Fsp3) is 0.556. The zero-order valence-corrected chi connectivity index (χ0v) is 9.63. The Morgan fingerprint density at radius 3 is 2.69 bits per heavy atom. The fourth-order valence-electron chi connectivity index (χ4n) is 0.831. The number of ether oxygens (including phenoxy) is 1. The van der Waals surface area contributed by atoms with Gasteiger partial charge in [0.1, 0.15) is 10.4 Å². The molecule has 1 heterocycles. The minimum absolute atomic E-state index is 0.508. The Balaban J connectivity index is 2.66. The first-order chi connectivity index (χ1) is 6.08. The number of aromatic nitrogens is 2. The predicted molar refractivity (Wildman–Crippen MR) is 54.8 cm³/mol. The van der Waals surface area contributed by atoms with Crippen LogP contribution in [0.15, 0.2) is 10.7 Å². The van der Waals surface area contributed by atoms with Crippen molar-refractivity contribution in [2.24, 2.45) is 5.92 Å². The minimum Gasteiger partial charge on any atom is -0.477 e. The van der Waals surface area contributed by atoms with Gasteiger partial charge in [0, 0.05) is 6.07 Å². The van der Waals surface area contributed by atoms with Crippen LogP contribution in [-0.4, -0.2) is 16.6 Å². The number of nitrogens with zero attached hydrogens (tertiary/aromatic N) is 2. The highest BCUT2D eigenvalue weighted by Gasteiger charge is 2.01. The van der Waals surface area contributed by atoms with Gasteiger partial charge in [-0.1, -0.05) is 13.8 Å². The maximum absolute atomic E-state index is 5.45. The molecule has 1 aromatic heterocycles. The Hall–Kier alpha value is -0.640. The third-order valence-electron chi connectivity index (χ3n) is 1.35. The van der Waals surface area contributed by atoms with Crippen molar-refractivity contribution in [2.45, 2.75) is 20.8 Å². The van der Waals surface area contributed by atoms with Gasteiger partial charge in [-0.15, -0.1) is 0 Å². The molecule has 0 radical (unpaired) electrons. The van der Waals surface area contributed by atoms with Gasteiger partial charge < -0.3 is 4.74 Å². The van der Waals surface area contributed by atoms with Gasteiger partial charge in [-0.3, -0.25) is 0 Å². The van der Waals surface area contributed by atoms with Crippen LogP contribution in [0.5, 0.6) is 5.88 Å². The monoisotopic (exact) mass is 244 g/mol. The minimum atomic E-state index is 0.508. The molecular formula is C9H13BrN2O. The van der Waals surface area contributed by atoms with Crippen molar-refractivity contribution in [3.8, 4) is 5.88 Å². The number of hydrogen-bond donors (Lipinski definition) is 0. The summed E-state index contributed by atoms with van der Waals surface area (Å²) in [5, 5.41) is 0. The molecule has 1 aromatic rings. The van der Waals surface area contributed by atoms with E-state index in [2.05, 4.69) is 39.7 Å². The molecule has 3 nitrogen and oxygen atoms in total. The van der Waals surface area contributed by atoms with Gasteiger partial charge in [0.15, 0.2) is 0 Å². The summed E-state index contributed by atoms with van der Waals surface area (Å²) in [6, 6.07) is 1.77. The Morgan fingerprint density at radius 2 is 2.15 bits per heavy atom. The molecule has 0 saturated carbocycles. The maximum Gasteiger partial charge on any atom is 0.217 e. The van der Waals surface area contributed by atoms with Gasteiger partial charge in [0.25, 0.3) is 0 Å². The largest absolute Gasteiger partial charge is 0.477 e. The molecule has 0 N–H and O–H groups in total. The Kier molecular flexibility index (Phi) is 3.66. The number of aryl methyl sites for hydroxylation is 1. The molecule has 0 spiro atoms. The topological polar surface area (TPSA) is 35.0 Å². The van der Waals surface area contributed by atoms with Crippen LogP contribution in [0.25, 0.3) is 0 Å². The molecule has 0 unspecified atom stereocenters. The molecule has 1 rings (SSSR count). The highest BCUT2D eigenvalue weighted by atomic mass is 79.9. The first kappa shape index (κ1) is 10.4. The zero-order valence-electron chi connectivity index (χ0n) is 8.04. The number of halogens is 1. The lowest BCUT2D eigenvalue weighted by atomic mass is 10.2. The number of rotatable bonds is 3. The second-order valence-electron chi connectivity index (χ2n) is 3.28. The van der Waals surface area contributed by atoms with Crippen molar-refractivity contribution >= 4 is 15.9 Å². The van der Waals surface area contributed by atoms with E-state index in [1.807, 2.05) is 6.92 Å². The summed E-state index contributed by atoms with van der Waals surface area (Å²) in [4.78, 5) is 8.23. The standard InChI is InChI=1S/C9H13BrN2O/c1-6(2)5-13-9-4-8(10)11-7(3)12-9/h4,6H,5H2,1-3H3. The number of hydrogen-bond acceptors (Lipinski definition) is 3. The molecule has 0 aromatic carbocycles. The van der Waals surface area contributed by atoms with Crippen LogP contribution >= 0.6 is 15.9 Å². The lowest BCUT2D eigenvalue weighted by Crippen LogP contribution is -2.06. The molecule has 0 saturated heterocycles. The Morgan fingerprint density at radius 1 is 1.46 bits per heavy atom. The molecular weight excluding hydrogens is 232 g/mol. The third kappa shape index (κ3) is 3.72. The summed E-state index contributed by atoms with van der Waals surface area (Å²) in [6.45, 7) is 6.72. The quantitative estimate of drug-likeness (QED) is 0.767. The molecule has 0 aliphatic rings. The van der Waals surface area contributed by atoms with Gasteiger partial charge in [0.2, 0.25) is 5.88 Å². The first-order valence-electron chi connectivity index (χ1n) is 4.22. The van der Waals surface area contributed by atoms with Crippen molar-refractivity contribution in [3.63, 3.8) is 0 Å². The molecule has 0 aliphatic carbocycles. The first-order valence-corrected chi connectivity index (χ1v) is 5.01. The summed E-state index contributed by atoms with van der Waals surface area (Å²) in [7, 11) is 0. The average molecular weight is 245 g/mol. The molecule has 4 heteroatoms. The molecule has 72 valence electrons. The normalized spacial score (nSPS) is 10.5. The lowest BCUT2D eigenvalue weighted by Gasteiger charge is -2.07. The highest BCUT2D eigenvalue weighted by molar-refractivity contribution is 9.10. The molecule has 0 atom stereocenters. The van der Waals surface area contributed by atoms with Gasteiger partial charge in [0.05, 0.1) is 6.61 Å². The second kappa shape index (κ2) is 4.56.